The van der Waals surface area contributed by atoms with E-state index in [0.29, 0.717) is 0 Å². The number of benzene rings is 1. The van der Waals surface area contributed by atoms with E-state index in [1.165, 1.54) is 23.5 Å². The van der Waals surface area contributed by atoms with Gasteiger partial charge in [-0.15, -0.1) is 0 Å². The summed E-state index contributed by atoms with van der Waals surface area (Å²) >= 11 is 0. The van der Waals surface area contributed by atoms with Gasteiger partial charge in [-0.25, -0.2) is 8.42 Å². The number of nitrogen functional groups attached to an aromatic ring is 1. The lowest BCUT2D eigenvalue weighted by Gasteiger charge is -2.30. The lowest BCUT2D eigenvalue weighted by atomic mass is 9.96. The van der Waals surface area contributed by atoms with Crippen LogP contribution in [0.2, 0.25) is 0 Å². The predicted molar refractivity (Wildman–Crippen MR) is 79.3 cm³/mol. The summed E-state index contributed by atoms with van der Waals surface area (Å²) in [6, 6.07) is 3.57. The molecule has 0 atom stereocenters. The van der Waals surface area contributed by atoms with E-state index in [2.05, 4.69) is 0 Å². The quantitative estimate of drug-likeness (QED) is 0.520. The predicted octanol–water partition coefficient (Wildman–Crippen LogP) is 2.13. The van der Waals surface area contributed by atoms with Crippen molar-refractivity contribution in [2.75, 3.05) is 12.8 Å². The second-order valence-corrected chi connectivity index (χ2v) is 7.26. The van der Waals surface area contributed by atoms with Crippen LogP contribution < -0.4 is 5.73 Å². The Morgan fingerprint density at radius 2 is 1.90 bits per heavy atom. The highest BCUT2D eigenvalue weighted by Crippen LogP contribution is 2.31. The van der Waals surface area contributed by atoms with Crippen LogP contribution in [0.4, 0.5) is 11.4 Å². The molecule has 7 nitrogen and oxygen atoms in total. The Morgan fingerprint density at radius 3 is 2.48 bits per heavy atom. The molecule has 0 spiro atoms. The van der Waals surface area contributed by atoms with Crippen molar-refractivity contribution in [1.29, 1.82) is 0 Å². The standard InChI is InChI=1S/C13H19N3O4S/c1-15(11-5-3-2-4-6-11)21(19,20)13-8-7-10(14)9-12(13)16(17)18/h7-9,11H,2-6,14H2,1H3. The minimum absolute atomic E-state index is 0.0964. The molecule has 0 bridgehead atoms. The van der Waals surface area contributed by atoms with E-state index in [4.69, 9.17) is 5.73 Å². The Labute approximate surface area is 123 Å². The molecule has 0 radical (unpaired) electrons. The highest BCUT2D eigenvalue weighted by Gasteiger charge is 2.34. The first-order valence-electron chi connectivity index (χ1n) is 6.86. The molecule has 1 aliphatic rings. The topological polar surface area (TPSA) is 107 Å². The number of nitrogens with zero attached hydrogens (tertiary/aromatic N) is 2. The van der Waals surface area contributed by atoms with Crippen molar-refractivity contribution in [3.8, 4) is 0 Å². The molecule has 2 rings (SSSR count). The molecule has 1 aromatic rings. The normalized spacial score (nSPS) is 17.0. The van der Waals surface area contributed by atoms with E-state index in [1.807, 2.05) is 0 Å². The van der Waals surface area contributed by atoms with Crippen molar-refractivity contribution in [2.24, 2.45) is 0 Å². The molecule has 0 amide bonds. The SMILES string of the molecule is CN(C1CCCCC1)S(=O)(=O)c1ccc(N)cc1[N+](=O)[O-]. The maximum Gasteiger partial charge on any atom is 0.291 e. The van der Waals surface area contributed by atoms with Crippen LogP contribution >= 0.6 is 0 Å². The van der Waals surface area contributed by atoms with E-state index in [0.717, 1.165) is 38.2 Å². The summed E-state index contributed by atoms with van der Waals surface area (Å²) in [7, 11) is -2.40. The molecule has 1 aromatic carbocycles. The van der Waals surface area contributed by atoms with Gasteiger partial charge in [-0.2, -0.15) is 4.31 Å². The second kappa shape index (κ2) is 5.98. The van der Waals surface area contributed by atoms with Crippen molar-refractivity contribution in [2.45, 2.75) is 43.0 Å². The molecule has 21 heavy (non-hydrogen) atoms. The third kappa shape index (κ3) is 3.16. The van der Waals surface area contributed by atoms with E-state index in [-0.39, 0.29) is 16.6 Å². The van der Waals surface area contributed by atoms with Crippen molar-refractivity contribution in [3.05, 3.63) is 28.3 Å². The first-order chi connectivity index (χ1) is 9.84. The van der Waals surface area contributed by atoms with Crippen LogP contribution in [-0.2, 0) is 10.0 Å². The van der Waals surface area contributed by atoms with Gasteiger partial charge in [-0.1, -0.05) is 19.3 Å². The average molecular weight is 313 g/mol. The molecule has 0 aliphatic heterocycles. The molecule has 116 valence electrons. The molecule has 0 aromatic heterocycles. The average Bonchev–Trinajstić information content (AvgIpc) is 2.47. The maximum absolute atomic E-state index is 12.6. The van der Waals surface area contributed by atoms with Crippen LogP contribution in [-0.4, -0.2) is 30.7 Å². The largest absolute Gasteiger partial charge is 0.399 e. The summed E-state index contributed by atoms with van der Waals surface area (Å²) < 4.78 is 26.6. The van der Waals surface area contributed by atoms with Gasteiger partial charge in [-0.05, 0) is 25.0 Å². The Kier molecular flexibility index (Phi) is 4.48. The van der Waals surface area contributed by atoms with Crippen LogP contribution in [0.5, 0.6) is 0 Å². The Balaban J connectivity index is 2.41. The Morgan fingerprint density at radius 1 is 1.29 bits per heavy atom. The lowest BCUT2D eigenvalue weighted by Crippen LogP contribution is -2.38. The summed E-state index contributed by atoms with van der Waals surface area (Å²) in [5.41, 5.74) is 5.21. The fourth-order valence-corrected chi connectivity index (χ4v) is 4.24. The van der Waals surface area contributed by atoms with E-state index >= 15 is 0 Å². The molecule has 1 fully saturated rings. The van der Waals surface area contributed by atoms with Gasteiger partial charge in [0.2, 0.25) is 10.0 Å². The Bertz CT molecular complexity index is 639. The van der Waals surface area contributed by atoms with Gasteiger partial charge in [-0.3, -0.25) is 10.1 Å². The number of hydrogen-bond acceptors (Lipinski definition) is 5. The van der Waals surface area contributed by atoms with Crippen LogP contribution in [0.3, 0.4) is 0 Å². The summed E-state index contributed by atoms with van der Waals surface area (Å²) in [4.78, 5) is 10.1. The molecule has 1 aliphatic carbocycles. The van der Waals surface area contributed by atoms with Gasteiger partial charge in [0, 0.05) is 24.8 Å². The number of rotatable bonds is 4. The zero-order chi connectivity index (χ0) is 15.6. The Hall–Kier alpha value is -1.67. The van der Waals surface area contributed by atoms with Crippen molar-refractivity contribution >= 4 is 21.4 Å². The molecule has 0 unspecified atom stereocenters. The van der Waals surface area contributed by atoms with Gasteiger partial charge >= 0.3 is 0 Å². The highest BCUT2D eigenvalue weighted by atomic mass is 32.2. The first kappa shape index (κ1) is 15.7. The number of nitro benzene ring substituents is 1. The molecule has 0 heterocycles. The monoisotopic (exact) mass is 313 g/mol. The van der Waals surface area contributed by atoms with E-state index < -0.39 is 20.6 Å². The minimum atomic E-state index is -3.89. The number of hydrogen-bond donors (Lipinski definition) is 1. The van der Waals surface area contributed by atoms with Gasteiger partial charge in [0.05, 0.1) is 4.92 Å². The third-order valence-corrected chi connectivity index (χ3v) is 5.88. The first-order valence-corrected chi connectivity index (χ1v) is 8.30. The lowest BCUT2D eigenvalue weighted by molar-refractivity contribution is -0.387. The molecule has 8 heteroatoms. The minimum Gasteiger partial charge on any atom is -0.399 e. The van der Waals surface area contributed by atoms with Crippen LogP contribution in [0, 0.1) is 10.1 Å². The fourth-order valence-electron chi connectivity index (χ4n) is 2.69. The summed E-state index contributed by atoms with van der Waals surface area (Å²) in [6.45, 7) is 0. The molecule has 2 N–H and O–H groups in total. The smallest absolute Gasteiger partial charge is 0.291 e. The van der Waals surface area contributed by atoms with Gasteiger partial charge in [0.15, 0.2) is 4.90 Å². The second-order valence-electron chi connectivity index (χ2n) is 5.30. The van der Waals surface area contributed by atoms with Crippen molar-refractivity contribution in [3.63, 3.8) is 0 Å². The van der Waals surface area contributed by atoms with Crippen molar-refractivity contribution < 1.29 is 13.3 Å². The molecular weight excluding hydrogens is 294 g/mol. The van der Waals surface area contributed by atoms with Crippen LogP contribution in [0.1, 0.15) is 32.1 Å². The molecule has 1 saturated carbocycles. The van der Waals surface area contributed by atoms with E-state index in [1.54, 1.807) is 0 Å². The van der Waals surface area contributed by atoms with Crippen molar-refractivity contribution in [1.82, 2.24) is 4.31 Å². The van der Waals surface area contributed by atoms with E-state index in [9.17, 15) is 18.5 Å². The zero-order valence-corrected chi connectivity index (χ0v) is 12.7. The van der Waals surface area contributed by atoms with Crippen LogP contribution in [0.25, 0.3) is 0 Å². The van der Waals surface area contributed by atoms with Gasteiger partial charge < -0.3 is 5.73 Å². The highest BCUT2D eigenvalue weighted by molar-refractivity contribution is 7.89. The number of sulfonamides is 1. The maximum atomic E-state index is 12.6. The molecular formula is C13H19N3O4S. The summed E-state index contributed by atoms with van der Waals surface area (Å²) in [5.74, 6) is 0. The summed E-state index contributed by atoms with van der Waals surface area (Å²) in [6.07, 6.45) is 4.64. The van der Waals surface area contributed by atoms with Gasteiger partial charge in [0.25, 0.3) is 5.69 Å². The number of nitro groups is 1. The number of nitrogens with two attached hydrogens (primary N) is 1. The fraction of sp³-hybridized carbons (Fsp3) is 0.538. The third-order valence-electron chi connectivity index (χ3n) is 3.93. The number of anilines is 1. The van der Waals surface area contributed by atoms with Gasteiger partial charge in [0.1, 0.15) is 0 Å². The zero-order valence-electron chi connectivity index (χ0n) is 11.9. The van der Waals surface area contributed by atoms with Crippen LogP contribution in [0.15, 0.2) is 23.1 Å². The summed E-state index contributed by atoms with van der Waals surface area (Å²) in [5, 5.41) is 11.1. The molecule has 0 saturated heterocycles.